The molecule has 0 aromatic heterocycles. The maximum absolute atomic E-state index is 13.5. The van der Waals surface area contributed by atoms with Gasteiger partial charge in [0.15, 0.2) is 0 Å². The van der Waals surface area contributed by atoms with Crippen LogP contribution in [0.2, 0.25) is 0 Å². The van der Waals surface area contributed by atoms with Crippen LogP contribution in [0.15, 0.2) is 50.6 Å². The molecule has 0 atom stereocenters. The van der Waals surface area contributed by atoms with Gasteiger partial charge < -0.3 is 10.6 Å². The summed E-state index contributed by atoms with van der Waals surface area (Å²) in [6, 6.07) is -1.83. The lowest BCUT2D eigenvalue weighted by atomic mass is 10.2. The predicted molar refractivity (Wildman–Crippen MR) is 108 cm³/mol. The molecule has 156 valence electrons. The Kier molecular flexibility index (Phi) is 6.81. The fourth-order valence-corrected chi connectivity index (χ4v) is 3.46. The van der Waals surface area contributed by atoms with Crippen LogP contribution in [0.3, 0.4) is 0 Å². The van der Waals surface area contributed by atoms with Crippen LogP contribution in [0.5, 0.6) is 0 Å². The van der Waals surface area contributed by atoms with Gasteiger partial charge in [0.25, 0.3) is 5.79 Å². The molecule has 0 bridgehead atoms. The summed E-state index contributed by atoms with van der Waals surface area (Å²) in [5, 5.41) is 5.23. The first-order chi connectivity index (χ1) is 13.9. The molecule has 10 nitrogen and oxygen atoms in total. The monoisotopic (exact) mass is 402 g/mol. The summed E-state index contributed by atoms with van der Waals surface area (Å²) in [6.45, 7) is 14.6. The van der Waals surface area contributed by atoms with Gasteiger partial charge in [0.05, 0.1) is 0 Å². The lowest BCUT2D eigenvalue weighted by Crippen LogP contribution is -2.70. The molecule has 0 unspecified atom stereocenters. The largest absolute Gasteiger partial charge is 0.334 e. The number of carbonyl (C=O) groups excluding carboxylic acids is 4. The molecular formula is C19H26N6O4. The Labute approximate surface area is 169 Å². The molecule has 2 aliphatic heterocycles. The summed E-state index contributed by atoms with van der Waals surface area (Å²) >= 11 is 0. The van der Waals surface area contributed by atoms with Crippen LogP contribution in [0, 0.1) is 0 Å². The summed E-state index contributed by atoms with van der Waals surface area (Å²) in [5.41, 5.74) is 0. The van der Waals surface area contributed by atoms with Crippen molar-refractivity contribution < 1.29 is 19.2 Å². The van der Waals surface area contributed by atoms with E-state index in [1.807, 2.05) is 0 Å². The zero-order chi connectivity index (χ0) is 21.6. The molecule has 7 amide bonds. The molecule has 10 heteroatoms. The quantitative estimate of drug-likeness (QED) is 0.460. The van der Waals surface area contributed by atoms with Crippen molar-refractivity contribution in [3.8, 4) is 0 Å². The van der Waals surface area contributed by atoms with E-state index in [9.17, 15) is 19.2 Å². The van der Waals surface area contributed by atoms with E-state index in [4.69, 9.17) is 0 Å². The first kappa shape index (κ1) is 21.7. The first-order valence-electron chi connectivity index (χ1n) is 9.09. The number of hydrogen-bond acceptors (Lipinski definition) is 4. The third-order valence-corrected chi connectivity index (χ3v) is 4.58. The van der Waals surface area contributed by atoms with Gasteiger partial charge in [-0.1, -0.05) is 24.3 Å². The first-order valence-corrected chi connectivity index (χ1v) is 9.09. The number of amides is 7. The van der Waals surface area contributed by atoms with Crippen molar-refractivity contribution in [2.75, 3.05) is 39.3 Å². The highest BCUT2D eigenvalue weighted by atomic mass is 16.2. The van der Waals surface area contributed by atoms with Gasteiger partial charge in [0.2, 0.25) is 0 Å². The van der Waals surface area contributed by atoms with Gasteiger partial charge in [-0.05, 0) is 0 Å². The number of hydrogen-bond donors (Lipinski definition) is 2. The third kappa shape index (κ3) is 3.48. The average molecular weight is 402 g/mol. The SMILES string of the molecule is C=CCNC(=O)N1CCN(C(=O)NCC=C)C12C(=O)N(CC=C)C(=O)N2CC=C. The minimum Gasteiger partial charge on any atom is -0.334 e. The lowest BCUT2D eigenvalue weighted by Gasteiger charge is -2.42. The number of nitrogens with one attached hydrogen (secondary N) is 2. The Morgan fingerprint density at radius 3 is 1.76 bits per heavy atom. The molecule has 0 aliphatic carbocycles. The van der Waals surface area contributed by atoms with Crippen molar-refractivity contribution in [1.29, 1.82) is 0 Å². The molecule has 2 N–H and O–H groups in total. The summed E-state index contributed by atoms with van der Waals surface area (Å²) in [6.07, 6.45) is 5.81. The van der Waals surface area contributed by atoms with Gasteiger partial charge in [-0.15, -0.1) is 26.3 Å². The van der Waals surface area contributed by atoms with Gasteiger partial charge in [0, 0.05) is 39.3 Å². The minimum atomic E-state index is -1.94. The van der Waals surface area contributed by atoms with Gasteiger partial charge in [0.1, 0.15) is 0 Å². The lowest BCUT2D eigenvalue weighted by molar-refractivity contribution is -0.147. The topological polar surface area (TPSA) is 105 Å². The number of rotatable bonds is 8. The number of imide groups is 1. The van der Waals surface area contributed by atoms with E-state index in [2.05, 4.69) is 36.9 Å². The van der Waals surface area contributed by atoms with Crippen LogP contribution < -0.4 is 10.6 Å². The zero-order valence-electron chi connectivity index (χ0n) is 16.3. The second-order valence-corrected chi connectivity index (χ2v) is 6.27. The second-order valence-electron chi connectivity index (χ2n) is 6.27. The molecule has 2 rings (SSSR count). The normalized spacial score (nSPS) is 17.5. The molecule has 0 radical (unpaired) electrons. The van der Waals surface area contributed by atoms with Crippen molar-refractivity contribution in [2.24, 2.45) is 0 Å². The Balaban J connectivity index is 2.60. The smallest absolute Gasteiger partial charge is 0.331 e. The molecule has 2 fully saturated rings. The standard InChI is InChI=1S/C19H26N6O4/c1-5-9-20-16(27)23-13-14-24(17(28)21-10-6-2)19(23)15(26)22(11-7-3)18(29)25(19)12-8-4/h5-8H,1-4,9-14H2,(H,20,27)(H,21,28). The van der Waals surface area contributed by atoms with Gasteiger partial charge in [-0.3, -0.25) is 24.4 Å². The maximum Gasteiger partial charge on any atom is 0.331 e. The molecule has 1 spiro atoms. The van der Waals surface area contributed by atoms with E-state index in [-0.39, 0.29) is 39.3 Å². The Morgan fingerprint density at radius 2 is 1.34 bits per heavy atom. The van der Waals surface area contributed by atoms with Gasteiger partial charge in [-0.25, -0.2) is 14.4 Å². The average Bonchev–Trinajstić information content (AvgIpc) is 3.20. The van der Waals surface area contributed by atoms with Gasteiger partial charge in [-0.2, -0.15) is 0 Å². The maximum atomic E-state index is 13.5. The Hall–Kier alpha value is -3.56. The highest BCUT2D eigenvalue weighted by molar-refractivity contribution is 6.09. The zero-order valence-corrected chi connectivity index (χ0v) is 16.3. The molecule has 2 heterocycles. The highest BCUT2D eigenvalue weighted by Crippen LogP contribution is 2.38. The van der Waals surface area contributed by atoms with Crippen molar-refractivity contribution in [1.82, 2.24) is 30.2 Å². The fourth-order valence-electron chi connectivity index (χ4n) is 3.46. The van der Waals surface area contributed by atoms with Crippen LogP contribution in [0.1, 0.15) is 0 Å². The van der Waals surface area contributed by atoms with E-state index >= 15 is 0 Å². The molecule has 0 aromatic carbocycles. The molecule has 0 aromatic rings. The number of carbonyl (C=O) groups is 4. The van der Waals surface area contributed by atoms with E-state index in [0.717, 1.165) is 4.90 Å². The summed E-state index contributed by atoms with van der Waals surface area (Å²) in [7, 11) is 0. The van der Waals surface area contributed by atoms with Gasteiger partial charge >= 0.3 is 24.0 Å². The third-order valence-electron chi connectivity index (χ3n) is 4.58. The highest BCUT2D eigenvalue weighted by Gasteiger charge is 2.68. The van der Waals surface area contributed by atoms with Crippen LogP contribution >= 0.6 is 0 Å². The van der Waals surface area contributed by atoms with Crippen LogP contribution in [-0.2, 0) is 4.79 Å². The summed E-state index contributed by atoms with van der Waals surface area (Å²) < 4.78 is 0. The van der Waals surface area contributed by atoms with Crippen molar-refractivity contribution in [3.05, 3.63) is 50.6 Å². The number of nitrogens with zero attached hydrogens (tertiary/aromatic N) is 4. The molecule has 2 saturated heterocycles. The Bertz CT molecular complexity index is 717. The Morgan fingerprint density at radius 1 is 0.862 bits per heavy atom. The fraction of sp³-hybridized carbons (Fsp3) is 0.368. The van der Waals surface area contributed by atoms with Crippen molar-refractivity contribution in [3.63, 3.8) is 0 Å². The van der Waals surface area contributed by atoms with E-state index in [0.29, 0.717) is 0 Å². The number of urea groups is 3. The van der Waals surface area contributed by atoms with Crippen LogP contribution in [0.4, 0.5) is 14.4 Å². The van der Waals surface area contributed by atoms with E-state index in [1.54, 1.807) is 0 Å². The molecule has 29 heavy (non-hydrogen) atoms. The minimum absolute atomic E-state index is 0.0469. The summed E-state index contributed by atoms with van der Waals surface area (Å²) in [4.78, 5) is 56.7. The van der Waals surface area contributed by atoms with E-state index < -0.39 is 29.8 Å². The van der Waals surface area contributed by atoms with Crippen LogP contribution in [-0.4, -0.2) is 88.7 Å². The summed E-state index contributed by atoms with van der Waals surface area (Å²) in [5.74, 6) is -2.64. The molecule has 2 aliphatic rings. The second kappa shape index (κ2) is 9.09. The molecule has 0 saturated carbocycles. The van der Waals surface area contributed by atoms with E-state index in [1.165, 1.54) is 39.0 Å². The van der Waals surface area contributed by atoms with Crippen molar-refractivity contribution in [2.45, 2.75) is 5.79 Å². The van der Waals surface area contributed by atoms with Crippen molar-refractivity contribution >= 4 is 24.0 Å². The predicted octanol–water partition coefficient (Wildman–Crippen LogP) is 0.685. The van der Waals surface area contributed by atoms with Crippen LogP contribution in [0.25, 0.3) is 0 Å². The molecular weight excluding hydrogens is 376 g/mol.